The fourth-order valence-electron chi connectivity index (χ4n) is 2.83. The molecule has 1 heterocycles. The molecule has 0 aliphatic carbocycles. The zero-order valence-corrected chi connectivity index (χ0v) is 14.4. The highest BCUT2D eigenvalue weighted by atomic mass is 31.2. The van der Waals surface area contributed by atoms with Crippen LogP contribution in [0.15, 0.2) is 18.7 Å². The van der Waals surface area contributed by atoms with Gasteiger partial charge in [0.2, 0.25) is 6.33 Å². The highest BCUT2D eigenvalue weighted by Crippen LogP contribution is 2.43. The van der Waals surface area contributed by atoms with Crippen LogP contribution in [0.5, 0.6) is 0 Å². The zero-order chi connectivity index (χ0) is 15.9. The minimum Gasteiger partial charge on any atom is -0.324 e. The van der Waals surface area contributed by atoms with Gasteiger partial charge in [-0.05, 0) is 25.7 Å². The third kappa shape index (κ3) is 5.57. The van der Waals surface area contributed by atoms with Crippen molar-refractivity contribution in [3.63, 3.8) is 0 Å². The number of imidazole rings is 1. The first kappa shape index (κ1) is 18.4. The second kappa shape index (κ2) is 8.11. The molecule has 0 aliphatic heterocycles. The van der Waals surface area contributed by atoms with Crippen molar-refractivity contribution in [3.8, 4) is 0 Å². The predicted molar refractivity (Wildman–Crippen MR) is 84.2 cm³/mol. The summed E-state index contributed by atoms with van der Waals surface area (Å²) in [7, 11) is -4.04. The lowest BCUT2D eigenvalue weighted by Crippen LogP contribution is -2.38. The van der Waals surface area contributed by atoms with E-state index >= 15 is 0 Å². The number of unbranched alkanes of at least 4 members (excludes halogenated alkanes) is 3. The lowest BCUT2D eigenvalue weighted by molar-refractivity contribution is -0.697. The van der Waals surface area contributed by atoms with Crippen LogP contribution in [0.2, 0.25) is 0 Å². The van der Waals surface area contributed by atoms with Crippen molar-refractivity contribution in [2.24, 2.45) is 0 Å². The molecular formula is C15H30N2O3P+. The average molecular weight is 317 g/mol. The van der Waals surface area contributed by atoms with Crippen molar-refractivity contribution >= 4 is 7.60 Å². The first-order chi connectivity index (χ1) is 9.87. The van der Waals surface area contributed by atoms with E-state index in [2.05, 4.69) is 11.5 Å². The minimum absolute atomic E-state index is 0.0997. The van der Waals surface area contributed by atoms with Gasteiger partial charge in [-0.3, -0.25) is 4.57 Å². The normalized spacial score (nSPS) is 12.8. The Morgan fingerprint density at radius 3 is 2.33 bits per heavy atom. The molecular weight excluding hydrogens is 287 g/mol. The molecule has 1 rings (SSSR count). The summed E-state index contributed by atoms with van der Waals surface area (Å²) in [6.45, 7) is 7.14. The van der Waals surface area contributed by atoms with E-state index in [-0.39, 0.29) is 6.16 Å². The van der Waals surface area contributed by atoms with Gasteiger partial charge >= 0.3 is 7.60 Å². The fraction of sp³-hybridized carbons (Fsp3) is 0.800. The zero-order valence-electron chi connectivity index (χ0n) is 13.5. The Balaban J connectivity index is 2.80. The largest absolute Gasteiger partial charge is 0.330 e. The molecule has 5 nitrogen and oxygen atoms in total. The Bertz CT molecular complexity index is 463. The number of hydrogen-bond donors (Lipinski definition) is 2. The Labute approximate surface area is 128 Å². The van der Waals surface area contributed by atoms with E-state index in [4.69, 9.17) is 0 Å². The van der Waals surface area contributed by atoms with Crippen molar-refractivity contribution in [3.05, 3.63) is 18.7 Å². The van der Waals surface area contributed by atoms with Gasteiger partial charge in [-0.1, -0.05) is 33.6 Å². The number of aryl methyl sites for hydroxylation is 1. The first-order valence-electron chi connectivity index (χ1n) is 7.99. The number of hydrogen-bond acceptors (Lipinski definition) is 1. The average Bonchev–Trinajstić information content (AvgIpc) is 2.89. The van der Waals surface area contributed by atoms with Crippen LogP contribution in [0, 0.1) is 0 Å². The number of nitrogens with zero attached hydrogens (tertiary/aromatic N) is 2. The molecule has 0 aromatic carbocycles. The molecule has 1 aromatic heterocycles. The maximum atomic E-state index is 11.5. The highest BCUT2D eigenvalue weighted by Gasteiger charge is 2.39. The summed E-state index contributed by atoms with van der Waals surface area (Å²) in [4.78, 5) is 18.8. The molecule has 6 heteroatoms. The van der Waals surface area contributed by atoms with Crippen LogP contribution in [0.25, 0.3) is 0 Å². The Kier molecular flexibility index (Phi) is 7.11. The third-order valence-electron chi connectivity index (χ3n) is 4.33. The van der Waals surface area contributed by atoms with Crippen molar-refractivity contribution < 1.29 is 18.9 Å². The smallest absolute Gasteiger partial charge is 0.324 e. The van der Waals surface area contributed by atoms with Crippen LogP contribution >= 0.6 is 7.60 Å². The van der Waals surface area contributed by atoms with Gasteiger partial charge in [0.1, 0.15) is 17.9 Å². The van der Waals surface area contributed by atoms with E-state index in [1.807, 2.05) is 37.1 Å². The third-order valence-corrected chi connectivity index (χ3v) is 5.33. The van der Waals surface area contributed by atoms with Gasteiger partial charge in [0.15, 0.2) is 0 Å². The molecule has 0 fully saturated rings. The van der Waals surface area contributed by atoms with Crippen molar-refractivity contribution in [2.75, 3.05) is 6.16 Å². The maximum Gasteiger partial charge on any atom is 0.330 e. The summed E-state index contributed by atoms with van der Waals surface area (Å²) < 4.78 is 15.6. The molecule has 0 aliphatic rings. The van der Waals surface area contributed by atoms with E-state index < -0.39 is 13.1 Å². The van der Waals surface area contributed by atoms with Crippen molar-refractivity contribution in [1.82, 2.24) is 4.57 Å². The number of aromatic nitrogens is 2. The standard InChI is InChI=1S/C15H29N2O3P/c1-4-7-8-9-10-16-11-12-17(14-16)15(5-2,6-3)13-21(18,19)20/h11-12,14H,4-10,13H2,1-3H3,(H-,18,19,20)/p+1. The Morgan fingerprint density at radius 1 is 1.14 bits per heavy atom. The quantitative estimate of drug-likeness (QED) is 0.396. The monoisotopic (exact) mass is 317 g/mol. The molecule has 0 unspecified atom stereocenters. The van der Waals surface area contributed by atoms with Crippen LogP contribution in [-0.2, 0) is 16.6 Å². The summed E-state index contributed by atoms with van der Waals surface area (Å²) in [6, 6.07) is 0. The van der Waals surface area contributed by atoms with Gasteiger partial charge in [0, 0.05) is 0 Å². The second-order valence-corrected chi connectivity index (χ2v) is 7.52. The van der Waals surface area contributed by atoms with Crippen molar-refractivity contribution in [2.45, 2.75) is 71.4 Å². The van der Waals surface area contributed by atoms with Crippen LogP contribution in [0.4, 0.5) is 0 Å². The molecule has 0 atom stereocenters. The molecule has 0 amide bonds. The number of rotatable bonds is 10. The van der Waals surface area contributed by atoms with Gasteiger partial charge in [-0.2, -0.15) is 0 Å². The second-order valence-electron chi connectivity index (χ2n) is 5.87. The first-order valence-corrected chi connectivity index (χ1v) is 9.78. The van der Waals surface area contributed by atoms with E-state index in [1.165, 1.54) is 19.3 Å². The summed E-state index contributed by atoms with van der Waals surface area (Å²) >= 11 is 0. The molecule has 0 spiro atoms. The molecule has 0 saturated heterocycles. The predicted octanol–water partition coefficient (Wildman–Crippen LogP) is 3.05. The summed E-state index contributed by atoms with van der Waals surface area (Å²) in [5.74, 6) is 0. The molecule has 0 radical (unpaired) electrons. The van der Waals surface area contributed by atoms with Gasteiger partial charge in [0.25, 0.3) is 0 Å². The fourth-order valence-corrected chi connectivity index (χ4v) is 4.21. The topological polar surface area (TPSA) is 66.3 Å². The van der Waals surface area contributed by atoms with E-state index in [1.54, 1.807) is 0 Å². The van der Waals surface area contributed by atoms with Gasteiger partial charge in [-0.15, -0.1) is 0 Å². The summed E-state index contributed by atoms with van der Waals surface area (Å²) in [5, 5.41) is 0. The SMILES string of the molecule is CCCCCC[n+]1ccn(C(CC)(CC)CP(=O)(O)O)c1. The Hall–Kier alpha value is -0.640. The minimum atomic E-state index is -4.04. The van der Waals surface area contributed by atoms with E-state index in [0.29, 0.717) is 12.8 Å². The van der Waals surface area contributed by atoms with Gasteiger partial charge < -0.3 is 9.79 Å². The lowest BCUT2D eigenvalue weighted by atomic mass is 9.95. The molecule has 1 aromatic rings. The summed E-state index contributed by atoms with van der Waals surface area (Å²) in [5.41, 5.74) is -0.492. The molecule has 0 saturated carbocycles. The van der Waals surface area contributed by atoms with E-state index in [9.17, 15) is 14.4 Å². The maximum absolute atomic E-state index is 11.5. The molecule has 21 heavy (non-hydrogen) atoms. The van der Waals surface area contributed by atoms with Crippen LogP contribution in [0.1, 0.15) is 59.3 Å². The van der Waals surface area contributed by atoms with Crippen molar-refractivity contribution in [1.29, 1.82) is 0 Å². The molecule has 2 N–H and O–H groups in total. The Morgan fingerprint density at radius 2 is 1.81 bits per heavy atom. The summed E-state index contributed by atoms with van der Waals surface area (Å²) in [6.07, 6.45) is 12.1. The van der Waals surface area contributed by atoms with Crippen LogP contribution in [0.3, 0.4) is 0 Å². The highest BCUT2D eigenvalue weighted by molar-refractivity contribution is 7.51. The van der Waals surface area contributed by atoms with Crippen LogP contribution < -0.4 is 4.57 Å². The lowest BCUT2D eigenvalue weighted by Gasteiger charge is -2.28. The van der Waals surface area contributed by atoms with Crippen LogP contribution in [-0.4, -0.2) is 20.5 Å². The van der Waals surface area contributed by atoms with E-state index in [0.717, 1.165) is 13.0 Å². The van der Waals surface area contributed by atoms with Gasteiger partial charge in [-0.25, -0.2) is 9.13 Å². The van der Waals surface area contributed by atoms with Gasteiger partial charge in [0.05, 0.1) is 12.7 Å². The molecule has 122 valence electrons. The molecule has 0 bridgehead atoms.